The first kappa shape index (κ1) is 16.8. The predicted octanol–water partition coefficient (Wildman–Crippen LogP) is 2.10. The normalized spacial score (nSPS) is 12.2. The Morgan fingerprint density at radius 1 is 1.40 bits per heavy atom. The van der Waals surface area contributed by atoms with E-state index in [4.69, 9.17) is 16.7 Å². The monoisotopic (exact) mass is 327 g/mol. The predicted molar refractivity (Wildman–Crippen MR) is 68.0 cm³/mol. The Morgan fingerprint density at radius 2 is 1.95 bits per heavy atom. The van der Waals surface area contributed by atoms with Gasteiger partial charge in [-0.1, -0.05) is 11.6 Å². The number of sulfonamides is 1. The Balaban J connectivity index is 3.49. The van der Waals surface area contributed by atoms with Crippen LogP contribution in [-0.4, -0.2) is 36.4 Å². The summed E-state index contributed by atoms with van der Waals surface area (Å²) in [6, 6.07) is 0.814. The van der Waals surface area contributed by atoms with Gasteiger partial charge in [0.15, 0.2) is 11.6 Å². The summed E-state index contributed by atoms with van der Waals surface area (Å²) in [5.41, 5.74) is 0. The molecule has 1 aromatic rings. The summed E-state index contributed by atoms with van der Waals surface area (Å²) in [7, 11) is -4.57. The van der Waals surface area contributed by atoms with Crippen LogP contribution in [0.3, 0.4) is 0 Å². The van der Waals surface area contributed by atoms with Gasteiger partial charge >= 0.3 is 5.97 Å². The van der Waals surface area contributed by atoms with Gasteiger partial charge in [0, 0.05) is 6.04 Å². The quantitative estimate of drug-likeness (QED) is 0.840. The van der Waals surface area contributed by atoms with E-state index in [-0.39, 0.29) is 0 Å². The zero-order valence-electron chi connectivity index (χ0n) is 10.6. The van der Waals surface area contributed by atoms with Crippen LogP contribution < -0.4 is 0 Å². The van der Waals surface area contributed by atoms with Gasteiger partial charge in [0.25, 0.3) is 0 Å². The first-order valence-electron chi connectivity index (χ1n) is 5.46. The zero-order valence-corrected chi connectivity index (χ0v) is 12.2. The van der Waals surface area contributed by atoms with Crippen molar-refractivity contribution in [1.29, 1.82) is 0 Å². The smallest absolute Gasteiger partial charge is 0.318 e. The standard InChI is InChI=1S/C11H12ClF2NO4S/c1-6(2)15(5-9(16)17)20(18,19)11-7(12)3-4-8(13)10(11)14/h3-4,6H,5H2,1-2H3,(H,16,17). The van der Waals surface area contributed by atoms with E-state index in [1.807, 2.05) is 0 Å². The summed E-state index contributed by atoms with van der Waals surface area (Å²) in [5.74, 6) is -4.43. The second kappa shape index (κ2) is 6.02. The molecule has 0 fully saturated rings. The topological polar surface area (TPSA) is 74.7 Å². The van der Waals surface area contributed by atoms with Crippen molar-refractivity contribution in [3.05, 3.63) is 28.8 Å². The Morgan fingerprint density at radius 3 is 2.40 bits per heavy atom. The van der Waals surface area contributed by atoms with E-state index >= 15 is 0 Å². The minimum atomic E-state index is -4.57. The number of aliphatic carboxylic acids is 1. The van der Waals surface area contributed by atoms with Crippen molar-refractivity contribution in [3.63, 3.8) is 0 Å². The average Bonchev–Trinajstić information content (AvgIpc) is 2.30. The van der Waals surface area contributed by atoms with Gasteiger partial charge in [-0.05, 0) is 26.0 Å². The maximum Gasteiger partial charge on any atom is 0.318 e. The summed E-state index contributed by atoms with van der Waals surface area (Å²) in [4.78, 5) is 9.66. The van der Waals surface area contributed by atoms with Crippen molar-refractivity contribution < 1.29 is 27.1 Å². The molecule has 0 aromatic heterocycles. The maximum absolute atomic E-state index is 13.7. The van der Waals surface area contributed by atoms with Gasteiger partial charge < -0.3 is 5.11 Å². The Bertz CT molecular complexity index is 634. The van der Waals surface area contributed by atoms with E-state index in [0.717, 1.165) is 6.07 Å². The number of hydrogen-bond donors (Lipinski definition) is 1. The van der Waals surface area contributed by atoms with Gasteiger partial charge in [0.2, 0.25) is 10.0 Å². The molecule has 9 heteroatoms. The molecule has 20 heavy (non-hydrogen) atoms. The molecular weight excluding hydrogens is 316 g/mol. The fraction of sp³-hybridized carbons (Fsp3) is 0.364. The third-order valence-corrected chi connectivity index (χ3v) is 4.95. The molecule has 0 amide bonds. The number of carboxylic acid groups (broad SMARTS) is 1. The average molecular weight is 328 g/mol. The van der Waals surface area contributed by atoms with Crippen molar-refractivity contribution in [2.45, 2.75) is 24.8 Å². The fourth-order valence-corrected chi connectivity index (χ4v) is 3.69. The molecule has 1 N–H and O–H groups in total. The van der Waals surface area contributed by atoms with Crippen LogP contribution in [0.15, 0.2) is 17.0 Å². The van der Waals surface area contributed by atoms with Crippen LogP contribution in [-0.2, 0) is 14.8 Å². The van der Waals surface area contributed by atoms with E-state index in [1.54, 1.807) is 0 Å². The molecule has 0 saturated carbocycles. The molecule has 0 unspecified atom stereocenters. The van der Waals surface area contributed by atoms with Crippen LogP contribution in [0.2, 0.25) is 5.02 Å². The SMILES string of the molecule is CC(C)N(CC(=O)O)S(=O)(=O)c1c(Cl)ccc(F)c1F. The van der Waals surface area contributed by atoms with Gasteiger partial charge in [-0.2, -0.15) is 4.31 Å². The molecular formula is C11H12ClF2NO4S. The lowest BCUT2D eigenvalue weighted by Gasteiger charge is -2.24. The van der Waals surface area contributed by atoms with Crippen LogP contribution in [0, 0.1) is 11.6 Å². The number of benzene rings is 1. The molecule has 5 nitrogen and oxygen atoms in total. The first-order valence-corrected chi connectivity index (χ1v) is 7.28. The summed E-state index contributed by atoms with van der Waals surface area (Å²) < 4.78 is 52.0. The lowest BCUT2D eigenvalue weighted by molar-refractivity contribution is -0.137. The number of carboxylic acids is 1. The van der Waals surface area contributed by atoms with E-state index < -0.39 is 50.1 Å². The molecule has 0 radical (unpaired) electrons. The summed E-state index contributed by atoms with van der Waals surface area (Å²) in [5, 5.41) is 8.22. The highest BCUT2D eigenvalue weighted by atomic mass is 35.5. The van der Waals surface area contributed by atoms with Crippen LogP contribution in [0.1, 0.15) is 13.8 Å². The number of rotatable bonds is 5. The maximum atomic E-state index is 13.7. The highest BCUT2D eigenvalue weighted by Crippen LogP contribution is 2.29. The third-order valence-electron chi connectivity index (χ3n) is 2.44. The number of halogens is 3. The minimum absolute atomic E-state index is 0.514. The molecule has 0 aliphatic carbocycles. The molecule has 112 valence electrons. The van der Waals surface area contributed by atoms with E-state index in [1.165, 1.54) is 13.8 Å². The Labute approximate surface area is 119 Å². The van der Waals surface area contributed by atoms with Crippen molar-refractivity contribution in [3.8, 4) is 0 Å². The molecule has 1 aromatic carbocycles. The van der Waals surface area contributed by atoms with Crippen molar-refractivity contribution in [2.75, 3.05) is 6.54 Å². The molecule has 0 atom stereocenters. The Kier molecular flexibility index (Phi) is 5.06. The highest BCUT2D eigenvalue weighted by molar-refractivity contribution is 7.89. The summed E-state index contributed by atoms with van der Waals surface area (Å²) >= 11 is 5.61. The van der Waals surface area contributed by atoms with E-state index in [2.05, 4.69) is 0 Å². The molecule has 0 heterocycles. The molecule has 1 rings (SSSR count). The molecule has 0 spiro atoms. The van der Waals surface area contributed by atoms with Gasteiger partial charge in [-0.25, -0.2) is 17.2 Å². The highest BCUT2D eigenvalue weighted by Gasteiger charge is 2.34. The number of carbonyl (C=O) groups is 1. The zero-order chi connectivity index (χ0) is 15.7. The lowest BCUT2D eigenvalue weighted by atomic mass is 10.3. The van der Waals surface area contributed by atoms with Gasteiger partial charge in [-0.3, -0.25) is 4.79 Å². The van der Waals surface area contributed by atoms with E-state index in [0.29, 0.717) is 10.4 Å². The van der Waals surface area contributed by atoms with Crippen molar-refractivity contribution in [1.82, 2.24) is 4.31 Å². The molecule has 0 aliphatic heterocycles. The molecule has 0 aliphatic rings. The van der Waals surface area contributed by atoms with Crippen LogP contribution >= 0.6 is 11.6 Å². The van der Waals surface area contributed by atoms with E-state index in [9.17, 15) is 22.0 Å². The number of nitrogens with zero attached hydrogens (tertiary/aromatic N) is 1. The van der Waals surface area contributed by atoms with Gasteiger partial charge in [0.1, 0.15) is 11.4 Å². The van der Waals surface area contributed by atoms with Crippen LogP contribution in [0.5, 0.6) is 0 Å². The third kappa shape index (κ3) is 3.25. The second-order valence-electron chi connectivity index (χ2n) is 4.21. The van der Waals surface area contributed by atoms with Crippen LogP contribution in [0.25, 0.3) is 0 Å². The van der Waals surface area contributed by atoms with Crippen LogP contribution in [0.4, 0.5) is 8.78 Å². The summed E-state index contributed by atoms with van der Waals surface area (Å²) in [6.45, 7) is 1.93. The van der Waals surface area contributed by atoms with Gasteiger partial charge in [-0.15, -0.1) is 0 Å². The molecule has 0 saturated heterocycles. The number of hydrogen-bond acceptors (Lipinski definition) is 3. The second-order valence-corrected chi connectivity index (χ2v) is 6.44. The summed E-state index contributed by atoms with van der Waals surface area (Å²) in [6.07, 6.45) is 0. The lowest BCUT2D eigenvalue weighted by Crippen LogP contribution is -2.41. The van der Waals surface area contributed by atoms with Crippen molar-refractivity contribution in [2.24, 2.45) is 0 Å². The van der Waals surface area contributed by atoms with Gasteiger partial charge in [0.05, 0.1) is 5.02 Å². The molecule has 0 bridgehead atoms. The first-order chi connectivity index (χ1) is 9.09. The fourth-order valence-electron chi connectivity index (χ4n) is 1.54. The van der Waals surface area contributed by atoms with Crippen molar-refractivity contribution >= 4 is 27.6 Å². The Hall–Kier alpha value is -1.25. The minimum Gasteiger partial charge on any atom is -0.480 e. The largest absolute Gasteiger partial charge is 0.480 e.